The van der Waals surface area contributed by atoms with Crippen LogP contribution in [0.5, 0.6) is 0 Å². The summed E-state index contributed by atoms with van der Waals surface area (Å²) in [5.41, 5.74) is 5.17. The molecule has 0 spiro atoms. The van der Waals surface area contributed by atoms with E-state index in [1.807, 2.05) is 36.8 Å². The van der Waals surface area contributed by atoms with Crippen LogP contribution in [0.3, 0.4) is 0 Å². The van der Waals surface area contributed by atoms with Crippen LogP contribution >= 0.6 is 0 Å². The largest absolute Gasteiger partial charge is 0.257 e. The van der Waals surface area contributed by atoms with Crippen LogP contribution in [0.15, 0.2) is 54.9 Å². The number of hydrogen-bond donors (Lipinski definition) is 0. The van der Waals surface area contributed by atoms with Crippen LogP contribution in [-0.2, 0) is 20.1 Å². The van der Waals surface area contributed by atoms with E-state index < -0.39 is 0 Å². The Bertz CT molecular complexity index is 1260. The topological polar surface area (TPSA) is 43.1 Å². The summed E-state index contributed by atoms with van der Waals surface area (Å²) in [4.78, 5) is 8.73. The van der Waals surface area contributed by atoms with Crippen molar-refractivity contribution < 1.29 is 20.1 Å². The maximum atomic E-state index is 4.69. The van der Waals surface area contributed by atoms with E-state index in [0.29, 0.717) is 0 Å². The normalized spacial score (nSPS) is 11.2. The summed E-state index contributed by atoms with van der Waals surface area (Å²) in [6.07, 6.45) is 3.76. The van der Waals surface area contributed by atoms with Gasteiger partial charge in [0.05, 0.1) is 11.2 Å². The van der Waals surface area contributed by atoms with Gasteiger partial charge < -0.3 is 0 Å². The molecule has 0 saturated heterocycles. The number of fused-ring (bicyclic) bond motifs is 6. The van der Waals surface area contributed by atoms with Gasteiger partial charge in [-0.2, -0.15) is 23.3 Å². The van der Waals surface area contributed by atoms with Gasteiger partial charge >= 0.3 is 0 Å². The Morgan fingerprint density at radius 3 is 2.46 bits per heavy atom. The van der Waals surface area contributed by atoms with Crippen molar-refractivity contribution in [3.05, 3.63) is 72.4 Å². The first-order valence-electron chi connectivity index (χ1n) is 8.23. The third kappa shape index (κ3) is 2.44. The van der Waals surface area contributed by atoms with Gasteiger partial charge in [0, 0.05) is 32.5 Å². The van der Waals surface area contributed by atoms with Crippen molar-refractivity contribution >= 4 is 27.2 Å². The molecule has 0 saturated carbocycles. The molecule has 5 aromatic rings. The number of aromatic nitrogens is 4. The van der Waals surface area contributed by atoms with Gasteiger partial charge in [0.2, 0.25) is 0 Å². The molecule has 5 rings (SSSR count). The zero-order valence-electron chi connectivity index (χ0n) is 14.3. The summed E-state index contributed by atoms with van der Waals surface area (Å²) < 4.78 is 1.99. The molecule has 0 amide bonds. The predicted octanol–water partition coefficient (Wildman–Crippen LogP) is 4.51. The van der Waals surface area contributed by atoms with E-state index in [2.05, 4.69) is 52.4 Å². The number of benzene rings is 2. The summed E-state index contributed by atoms with van der Waals surface area (Å²) in [6, 6.07) is 18.0. The fourth-order valence-corrected chi connectivity index (χ4v) is 3.49. The molecule has 5 heteroatoms. The van der Waals surface area contributed by atoms with Crippen molar-refractivity contribution in [1.29, 1.82) is 0 Å². The van der Waals surface area contributed by atoms with Crippen LogP contribution < -0.4 is 0 Å². The minimum Gasteiger partial charge on any atom is -0.257 e. The Labute approximate surface area is 164 Å². The van der Waals surface area contributed by atoms with Crippen LogP contribution in [0.2, 0.25) is 0 Å². The third-order valence-electron chi connectivity index (χ3n) is 4.58. The minimum absolute atomic E-state index is 0. The molecule has 0 aliphatic rings. The molecule has 3 aromatic heterocycles. The molecule has 0 fully saturated rings. The number of aryl methyl sites for hydroxylation is 2. The Kier molecular flexibility index (Phi) is 4.06. The summed E-state index contributed by atoms with van der Waals surface area (Å²) in [6.45, 7) is 3.91. The monoisotopic (exact) mass is 516 g/mol. The van der Waals surface area contributed by atoms with Gasteiger partial charge in [-0.15, -0.1) is 5.56 Å². The molecule has 0 aliphatic heterocycles. The minimum atomic E-state index is 0. The average Bonchev–Trinajstić information content (AvgIpc) is 3.04. The van der Waals surface area contributed by atoms with E-state index in [-0.39, 0.29) is 20.1 Å². The first-order chi connectivity index (χ1) is 12.2. The molecule has 3 heterocycles. The maximum absolute atomic E-state index is 4.69. The summed E-state index contributed by atoms with van der Waals surface area (Å²) >= 11 is 0. The van der Waals surface area contributed by atoms with Gasteiger partial charge in [0.15, 0.2) is 0 Å². The zero-order valence-corrected chi connectivity index (χ0v) is 16.7. The molecule has 4 nitrogen and oxygen atoms in total. The van der Waals surface area contributed by atoms with Crippen LogP contribution in [0.1, 0.15) is 11.5 Å². The zero-order chi connectivity index (χ0) is 17.0. The molecule has 26 heavy (non-hydrogen) atoms. The van der Waals surface area contributed by atoms with E-state index in [1.165, 1.54) is 10.8 Å². The molecule has 0 atom stereocenters. The smallest absolute Gasteiger partial charge is 0.125 e. The van der Waals surface area contributed by atoms with Gasteiger partial charge in [-0.3, -0.25) is 4.52 Å². The maximum Gasteiger partial charge on any atom is 0.125 e. The number of nitrogens with zero attached hydrogens (tertiary/aromatic N) is 4. The first kappa shape index (κ1) is 16.8. The SMILES string of the molecule is Cc1cc2c3ccccc3c3c(-c4cnc(C)nc4)cc[c-]c3n2n1.[Ir]. The molecule has 2 aromatic carbocycles. The molecule has 1 radical (unpaired) electrons. The van der Waals surface area contributed by atoms with Gasteiger partial charge in [-0.25, -0.2) is 9.97 Å². The number of rotatable bonds is 1. The average molecular weight is 516 g/mol. The van der Waals surface area contributed by atoms with Crippen LogP contribution in [0.4, 0.5) is 0 Å². The van der Waals surface area contributed by atoms with Crippen LogP contribution in [0, 0.1) is 19.9 Å². The second kappa shape index (κ2) is 6.27. The Morgan fingerprint density at radius 1 is 0.962 bits per heavy atom. The van der Waals surface area contributed by atoms with E-state index in [4.69, 9.17) is 5.10 Å². The van der Waals surface area contributed by atoms with Crippen molar-refractivity contribution in [3.8, 4) is 11.1 Å². The second-order valence-electron chi connectivity index (χ2n) is 6.26. The molecule has 0 aliphatic carbocycles. The van der Waals surface area contributed by atoms with Gasteiger partial charge in [0.1, 0.15) is 5.82 Å². The molecule has 0 N–H and O–H groups in total. The molecule has 0 unspecified atom stereocenters. The van der Waals surface area contributed by atoms with Crippen molar-refractivity contribution in [2.75, 3.05) is 0 Å². The fraction of sp³-hybridized carbons (Fsp3) is 0.0952. The molecule has 0 bridgehead atoms. The Balaban J connectivity index is 0.00000168. The van der Waals surface area contributed by atoms with Crippen molar-refractivity contribution in [1.82, 2.24) is 19.6 Å². The van der Waals surface area contributed by atoms with E-state index >= 15 is 0 Å². The molecular weight excluding hydrogens is 500 g/mol. The van der Waals surface area contributed by atoms with Gasteiger partial charge in [-0.1, -0.05) is 35.0 Å². The number of hydrogen-bond acceptors (Lipinski definition) is 3. The van der Waals surface area contributed by atoms with Crippen molar-refractivity contribution in [3.63, 3.8) is 0 Å². The number of pyridine rings is 1. The Morgan fingerprint density at radius 2 is 1.69 bits per heavy atom. The van der Waals surface area contributed by atoms with Crippen LogP contribution in [0.25, 0.3) is 38.3 Å². The predicted molar refractivity (Wildman–Crippen MR) is 99.5 cm³/mol. The third-order valence-corrected chi connectivity index (χ3v) is 4.58. The second-order valence-corrected chi connectivity index (χ2v) is 6.26. The molecular formula is C21H15IrN4-. The first-order valence-corrected chi connectivity index (χ1v) is 8.23. The summed E-state index contributed by atoms with van der Waals surface area (Å²) in [5.74, 6) is 0.769. The standard InChI is InChI=1S/C21H15N4.Ir/c1-13-10-20-17-6-3-4-7-18(17)21-16(15-11-22-14(2)23-12-15)8-5-9-19(21)25(20)24-13;/h3-8,10-12H,1-2H3;/q-1;. The van der Waals surface area contributed by atoms with Crippen LogP contribution in [-0.4, -0.2) is 19.6 Å². The van der Waals surface area contributed by atoms with Crippen molar-refractivity contribution in [2.45, 2.75) is 13.8 Å². The fourth-order valence-electron chi connectivity index (χ4n) is 3.49. The van der Waals surface area contributed by atoms with Crippen molar-refractivity contribution in [2.24, 2.45) is 0 Å². The van der Waals surface area contributed by atoms with E-state index in [0.717, 1.165) is 39.1 Å². The van der Waals surface area contributed by atoms with E-state index in [1.54, 1.807) is 0 Å². The van der Waals surface area contributed by atoms with Gasteiger partial charge in [-0.05, 0) is 36.4 Å². The van der Waals surface area contributed by atoms with E-state index in [9.17, 15) is 0 Å². The Hall–Kier alpha value is -2.62. The molecule has 129 valence electrons. The summed E-state index contributed by atoms with van der Waals surface area (Å²) in [5, 5.41) is 8.20. The quantitative estimate of drug-likeness (QED) is 0.244. The summed E-state index contributed by atoms with van der Waals surface area (Å²) in [7, 11) is 0. The van der Waals surface area contributed by atoms with Gasteiger partial charge in [0.25, 0.3) is 0 Å².